The van der Waals surface area contributed by atoms with E-state index in [0.29, 0.717) is 5.92 Å². The van der Waals surface area contributed by atoms with Crippen LogP contribution in [0, 0.1) is 5.92 Å². The van der Waals surface area contributed by atoms with Crippen molar-refractivity contribution in [1.29, 1.82) is 0 Å². The quantitative estimate of drug-likeness (QED) is 0.784. The highest BCUT2D eigenvalue weighted by molar-refractivity contribution is 7.11. The SMILES string of the molecule is CCC(CC)(OC)c1ncc(CNCC(C)C)s1. The van der Waals surface area contributed by atoms with E-state index in [1.165, 1.54) is 4.88 Å². The van der Waals surface area contributed by atoms with E-state index < -0.39 is 0 Å². The maximum Gasteiger partial charge on any atom is 0.125 e. The third kappa shape index (κ3) is 3.77. The van der Waals surface area contributed by atoms with Gasteiger partial charge in [0.2, 0.25) is 0 Å². The van der Waals surface area contributed by atoms with Gasteiger partial charge in [-0.05, 0) is 25.3 Å². The molecular formula is C14H26N2OS. The molecule has 0 atom stereocenters. The first kappa shape index (κ1) is 15.6. The highest BCUT2D eigenvalue weighted by Gasteiger charge is 2.31. The Labute approximate surface area is 115 Å². The summed E-state index contributed by atoms with van der Waals surface area (Å²) >= 11 is 1.77. The van der Waals surface area contributed by atoms with E-state index in [-0.39, 0.29) is 5.60 Å². The molecule has 0 aromatic carbocycles. The summed E-state index contributed by atoms with van der Waals surface area (Å²) in [5.41, 5.74) is -0.193. The van der Waals surface area contributed by atoms with Gasteiger partial charge in [0, 0.05) is 24.7 Å². The number of nitrogens with zero attached hydrogens (tertiary/aromatic N) is 1. The van der Waals surface area contributed by atoms with Gasteiger partial charge in [0.05, 0.1) is 0 Å². The van der Waals surface area contributed by atoms with Crippen molar-refractivity contribution in [2.24, 2.45) is 5.92 Å². The number of methoxy groups -OCH3 is 1. The maximum atomic E-state index is 5.71. The van der Waals surface area contributed by atoms with Gasteiger partial charge in [0.15, 0.2) is 0 Å². The summed E-state index contributed by atoms with van der Waals surface area (Å²) in [7, 11) is 1.78. The molecular weight excluding hydrogens is 244 g/mol. The normalized spacial score (nSPS) is 12.3. The maximum absolute atomic E-state index is 5.71. The van der Waals surface area contributed by atoms with Crippen molar-refractivity contribution >= 4 is 11.3 Å². The lowest BCUT2D eigenvalue weighted by Crippen LogP contribution is -2.26. The lowest BCUT2D eigenvalue weighted by Gasteiger charge is -2.27. The van der Waals surface area contributed by atoms with Crippen molar-refractivity contribution in [1.82, 2.24) is 10.3 Å². The fraction of sp³-hybridized carbons (Fsp3) is 0.786. The van der Waals surface area contributed by atoms with Gasteiger partial charge in [-0.2, -0.15) is 0 Å². The number of aromatic nitrogens is 1. The predicted octanol–water partition coefficient (Wildman–Crippen LogP) is 3.55. The Morgan fingerprint density at radius 3 is 2.56 bits per heavy atom. The molecule has 0 fully saturated rings. The van der Waals surface area contributed by atoms with Crippen LogP contribution in [-0.4, -0.2) is 18.6 Å². The van der Waals surface area contributed by atoms with Crippen LogP contribution < -0.4 is 5.32 Å². The molecule has 1 aromatic rings. The van der Waals surface area contributed by atoms with Crippen LogP contribution in [0.4, 0.5) is 0 Å². The summed E-state index contributed by atoms with van der Waals surface area (Å²) in [6.45, 7) is 10.7. The molecule has 0 amide bonds. The molecule has 104 valence electrons. The highest BCUT2D eigenvalue weighted by Crippen LogP contribution is 2.34. The van der Waals surface area contributed by atoms with Crippen LogP contribution in [-0.2, 0) is 16.9 Å². The van der Waals surface area contributed by atoms with E-state index in [4.69, 9.17) is 4.74 Å². The standard InChI is InChI=1S/C14H26N2OS/c1-6-14(7-2,17-5)13-16-10-12(18-13)9-15-8-11(3)4/h10-11,15H,6-9H2,1-5H3. The Hall–Kier alpha value is -0.450. The van der Waals surface area contributed by atoms with Crippen molar-refractivity contribution in [3.63, 3.8) is 0 Å². The van der Waals surface area contributed by atoms with E-state index >= 15 is 0 Å². The molecule has 1 heterocycles. The number of hydrogen-bond acceptors (Lipinski definition) is 4. The smallest absolute Gasteiger partial charge is 0.125 e. The molecule has 0 bridgehead atoms. The Kier molecular flexibility index (Phi) is 6.26. The Bertz CT molecular complexity index is 337. The topological polar surface area (TPSA) is 34.1 Å². The molecule has 0 aliphatic rings. The molecule has 1 aromatic heterocycles. The number of rotatable bonds is 8. The largest absolute Gasteiger partial charge is 0.371 e. The van der Waals surface area contributed by atoms with Crippen molar-refractivity contribution < 1.29 is 4.74 Å². The molecule has 0 unspecified atom stereocenters. The molecule has 4 heteroatoms. The van der Waals surface area contributed by atoms with Crippen molar-refractivity contribution in [3.05, 3.63) is 16.1 Å². The second-order valence-corrected chi connectivity index (χ2v) is 6.18. The van der Waals surface area contributed by atoms with Gasteiger partial charge >= 0.3 is 0 Å². The minimum absolute atomic E-state index is 0.193. The number of nitrogens with one attached hydrogen (secondary N) is 1. The highest BCUT2D eigenvalue weighted by atomic mass is 32.1. The van der Waals surface area contributed by atoms with Crippen molar-refractivity contribution in [3.8, 4) is 0 Å². The van der Waals surface area contributed by atoms with Gasteiger partial charge in [0.1, 0.15) is 10.6 Å². The Morgan fingerprint density at radius 2 is 2.06 bits per heavy atom. The third-order valence-electron chi connectivity index (χ3n) is 3.33. The van der Waals surface area contributed by atoms with E-state index in [0.717, 1.165) is 30.9 Å². The summed E-state index contributed by atoms with van der Waals surface area (Å²) < 4.78 is 5.71. The molecule has 0 aliphatic carbocycles. The van der Waals surface area contributed by atoms with Crippen LogP contribution in [0.1, 0.15) is 50.4 Å². The number of hydrogen-bond donors (Lipinski definition) is 1. The van der Waals surface area contributed by atoms with Gasteiger partial charge in [-0.25, -0.2) is 4.98 Å². The van der Waals surface area contributed by atoms with E-state index in [1.54, 1.807) is 18.4 Å². The summed E-state index contributed by atoms with van der Waals surface area (Å²) in [6.07, 6.45) is 3.91. The molecule has 0 saturated carbocycles. The lowest BCUT2D eigenvalue weighted by molar-refractivity contribution is -0.0218. The van der Waals surface area contributed by atoms with E-state index in [2.05, 4.69) is 38.0 Å². The minimum atomic E-state index is -0.193. The van der Waals surface area contributed by atoms with E-state index in [1.807, 2.05) is 6.20 Å². The summed E-state index contributed by atoms with van der Waals surface area (Å²) in [4.78, 5) is 5.84. The molecule has 0 aliphatic heterocycles. The molecule has 0 spiro atoms. The first-order valence-electron chi connectivity index (χ1n) is 6.79. The zero-order valence-electron chi connectivity index (χ0n) is 12.2. The van der Waals surface area contributed by atoms with Gasteiger partial charge < -0.3 is 10.1 Å². The van der Waals surface area contributed by atoms with E-state index in [9.17, 15) is 0 Å². The van der Waals surface area contributed by atoms with Crippen LogP contribution in [0.3, 0.4) is 0 Å². The molecule has 18 heavy (non-hydrogen) atoms. The molecule has 1 N–H and O–H groups in total. The summed E-state index contributed by atoms with van der Waals surface area (Å²) in [5.74, 6) is 0.682. The van der Waals surface area contributed by atoms with Crippen LogP contribution in [0.5, 0.6) is 0 Å². The first-order valence-corrected chi connectivity index (χ1v) is 7.60. The molecule has 1 rings (SSSR count). The fourth-order valence-corrected chi connectivity index (χ4v) is 3.20. The van der Waals surface area contributed by atoms with Gasteiger partial charge in [-0.15, -0.1) is 11.3 Å². The van der Waals surface area contributed by atoms with Gasteiger partial charge in [-0.1, -0.05) is 27.7 Å². The second kappa shape index (κ2) is 7.22. The van der Waals surface area contributed by atoms with Crippen LogP contribution in [0.2, 0.25) is 0 Å². The Morgan fingerprint density at radius 1 is 1.39 bits per heavy atom. The first-order chi connectivity index (χ1) is 8.57. The number of thiazole rings is 1. The fourth-order valence-electron chi connectivity index (χ4n) is 2.01. The van der Waals surface area contributed by atoms with Crippen molar-refractivity contribution in [2.45, 2.75) is 52.7 Å². The molecule has 0 saturated heterocycles. The average molecular weight is 270 g/mol. The summed E-state index contributed by atoms with van der Waals surface area (Å²) in [5, 5.41) is 4.56. The van der Waals surface area contributed by atoms with Crippen molar-refractivity contribution in [2.75, 3.05) is 13.7 Å². The zero-order valence-corrected chi connectivity index (χ0v) is 13.1. The lowest BCUT2D eigenvalue weighted by atomic mass is 9.98. The van der Waals surface area contributed by atoms with Gasteiger partial charge in [-0.3, -0.25) is 0 Å². The predicted molar refractivity (Wildman–Crippen MR) is 77.9 cm³/mol. The molecule has 3 nitrogen and oxygen atoms in total. The third-order valence-corrected chi connectivity index (χ3v) is 4.51. The molecule has 0 radical (unpaired) electrons. The van der Waals surface area contributed by atoms with Gasteiger partial charge in [0.25, 0.3) is 0 Å². The number of ether oxygens (including phenoxy) is 1. The van der Waals surface area contributed by atoms with Crippen LogP contribution in [0.25, 0.3) is 0 Å². The second-order valence-electron chi connectivity index (χ2n) is 5.06. The summed E-state index contributed by atoms with van der Waals surface area (Å²) in [6, 6.07) is 0. The minimum Gasteiger partial charge on any atom is -0.371 e. The monoisotopic (exact) mass is 270 g/mol. The van der Waals surface area contributed by atoms with Crippen LogP contribution >= 0.6 is 11.3 Å². The zero-order chi connectivity index (χ0) is 13.6. The van der Waals surface area contributed by atoms with Crippen LogP contribution in [0.15, 0.2) is 6.20 Å². The average Bonchev–Trinajstić information content (AvgIpc) is 2.81. The Balaban J connectivity index is 2.67.